The molecule has 6 nitrogen and oxygen atoms in total. The average molecular weight is 518 g/mol. The first kappa shape index (κ1) is 26.0. The van der Waals surface area contributed by atoms with Gasteiger partial charge in [0.1, 0.15) is 5.75 Å². The number of likely N-dealkylation sites (tertiary alicyclic amines) is 1. The van der Waals surface area contributed by atoms with E-state index in [9.17, 15) is 0 Å². The van der Waals surface area contributed by atoms with Crippen LogP contribution in [0, 0.1) is 5.92 Å². The standard InChI is InChI=1S/C22H38N4O2.HI/c1-4-26-14-6-8-20(18-26)17-25-22(23-13-7-15-28-5-2)24-16-19-9-11-21(27-3)12-10-19;/h9-12,20H,4-8,13-18H2,1-3H3,(H2,23,24,25);1H. The van der Waals surface area contributed by atoms with Crippen LogP contribution >= 0.6 is 24.0 Å². The lowest BCUT2D eigenvalue weighted by molar-refractivity contribution is 0.145. The summed E-state index contributed by atoms with van der Waals surface area (Å²) >= 11 is 0. The lowest BCUT2D eigenvalue weighted by Crippen LogP contribution is -2.44. The van der Waals surface area contributed by atoms with Crippen LogP contribution < -0.4 is 15.4 Å². The molecule has 0 bridgehead atoms. The smallest absolute Gasteiger partial charge is 0.191 e. The average Bonchev–Trinajstić information content (AvgIpc) is 2.75. The number of piperidine rings is 1. The number of halogens is 1. The Morgan fingerprint density at radius 3 is 2.69 bits per heavy atom. The molecule has 1 fully saturated rings. The molecule has 1 heterocycles. The Morgan fingerprint density at radius 2 is 2.00 bits per heavy atom. The molecule has 0 aliphatic carbocycles. The summed E-state index contributed by atoms with van der Waals surface area (Å²) in [6.07, 6.45) is 3.56. The summed E-state index contributed by atoms with van der Waals surface area (Å²) in [4.78, 5) is 7.33. The van der Waals surface area contributed by atoms with Crippen LogP contribution in [0.4, 0.5) is 0 Å². The summed E-state index contributed by atoms with van der Waals surface area (Å²) in [5, 5.41) is 7.02. The molecule has 29 heavy (non-hydrogen) atoms. The Morgan fingerprint density at radius 1 is 1.21 bits per heavy atom. The summed E-state index contributed by atoms with van der Waals surface area (Å²) in [6.45, 7) is 11.9. The number of hydrogen-bond donors (Lipinski definition) is 2. The third-order valence-electron chi connectivity index (χ3n) is 5.15. The highest BCUT2D eigenvalue weighted by molar-refractivity contribution is 14.0. The summed E-state index contributed by atoms with van der Waals surface area (Å²) in [7, 11) is 1.69. The predicted molar refractivity (Wildman–Crippen MR) is 132 cm³/mol. The first-order valence-corrected chi connectivity index (χ1v) is 10.7. The topological polar surface area (TPSA) is 58.1 Å². The maximum atomic E-state index is 5.43. The fourth-order valence-corrected chi connectivity index (χ4v) is 3.45. The van der Waals surface area contributed by atoms with Gasteiger partial charge in [0.15, 0.2) is 5.96 Å². The van der Waals surface area contributed by atoms with Crippen molar-refractivity contribution in [2.75, 3.05) is 53.0 Å². The second-order valence-corrected chi connectivity index (χ2v) is 7.27. The van der Waals surface area contributed by atoms with Gasteiger partial charge >= 0.3 is 0 Å². The fourth-order valence-electron chi connectivity index (χ4n) is 3.45. The van der Waals surface area contributed by atoms with E-state index in [4.69, 9.17) is 14.5 Å². The van der Waals surface area contributed by atoms with Crippen molar-refractivity contribution < 1.29 is 9.47 Å². The van der Waals surface area contributed by atoms with Gasteiger partial charge in [-0.15, -0.1) is 24.0 Å². The van der Waals surface area contributed by atoms with Gasteiger partial charge in [-0.3, -0.25) is 0 Å². The van der Waals surface area contributed by atoms with Crippen molar-refractivity contribution in [2.24, 2.45) is 10.9 Å². The molecule has 2 rings (SSSR count). The molecule has 1 aromatic carbocycles. The van der Waals surface area contributed by atoms with Crippen LogP contribution in [0.2, 0.25) is 0 Å². The van der Waals surface area contributed by atoms with Crippen LogP contribution in [-0.2, 0) is 11.3 Å². The largest absolute Gasteiger partial charge is 0.497 e. The van der Waals surface area contributed by atoms with Gasteiger partial charge in [-0.05, 0) is 62.9 Å². The molecular weight excluding hydrogens is 479 g/mol. The molecule has 1 saturated heterocycles. The molecule has 1 aliphatic rings. The van der Waals surface area contributed by atoms with Crippen molar-refractivity contribution in [3.63, 3.8) is 0 Å². The number of rotatable bonds is 11. The first-order chi connectivity index (χ1) is 13.7. The summed E-state index contributed by atoms with van der Waals surface area (Å²) in [5.74, 6) is 2.45. The van der Waals surface area contributed by atoms with Crippen LogP contribution in [0.25, 0.3) is 0 Å². The summed E-state index contributed by atoms with van der Waals surface area (Å²) < 4.78 is 10.7. The third-order valence-corrected chi connectivity index (χ3v) is 5.15. The first-order valence-electron chi connectivity index (χ1n) is 10.7. The predicted octanol–water partition coefficient (Wildman–Crippen LogP) is 3.51. The summed E-state index contributed by atoms with van der Waals surface area (Å²) in [6, 6.07) is 8.09. The molecule has 7 heteroatoms. The molecule has 1 aliphatic heterocycles. The Kier molecular flexibility index (Phi) is 14.1. The number of ether oxygens (including phenoxy) is 2. The van der Waals surface area contributed by atoms with Crippen molar-refractivity contribution in [3.05, 3.63) is 29.8 Å². The van der Waals surface area contributed by atoms with E-state index in [0.717, 1.165) is 51.0 Å². The number of nitrogens with zero attached hydrogens (tertiary/aromatic N) is 2. The van der Waals surface area contributed by atoms with Gasteiger partial charge in [0, 0.05) is 32.8 Å². The van der Waals surface area contributed by atoms with Crippen LogP contribution in [-0.4, -0.2) is 63.9 Å². The zero-order valence-corrected chi connectivity index (χ0v) is 20.6. The number of methoxy groups -OCH3 is 1. The fraction of sp³-hybridized carbons (Fsp3) is 0.682. The van der Waals surface area contributed by atoms with Crippen LogP contribution in [0.5, 0.6) is 5.75 Å². The molecule has 1 aromatic rings. The van der Waals surface area contributed by atoms with Crippen molar-refractivity contribution in [3.8, 4) is 5.75 Å². The molecule has 1 atom stereocenters. The second-order valence-electron chi connectivity index (χ2n) is 7.27. The van der Waals surface area contributed by atoms with E-state index in [-0.39, 0.29) is 24.0 Å². The Balaban J connectivity index is 0.00000420. The molecule has 0 saturated carbocycles. The van der Waals surface area contributed by atoms with Crippen molar-refractivity contribution in [1.29, 1.82) is 0 Å². The number of hydrogen-bond acceptors (Lipinski definition) is 4. The van der Waals surface area contributed by atoms with Gasteiger partial charge in [0.2, 0.25) is 0 Å². The van der Waals surface area contributed by atoms with E-state index in [1.165, 1.54) is 31.5 Å². The van der Waals surface area contributed by atoms with E-state index < -0.39 is 0 Å². The van der Waals surface area contributed by atoms with Gasteiger partial charge in [-0.1, -0.05) is 19.1 Å². The third kappa shape index (κ3) is 10.5. The molecule has 2 N–H and O–H groups in total. The number of aliphatic imine (C=N–C) groups is 1. The normalized spacial score (nSPS) is 17.5. The van der Waals surface area contributed by atoms with Crippen LogP contribution in [0.1, 0.15) is 38.7 Å². The van der Waals surface area contributed by atoms with Crippen LogP contribution in [0.15, 0.2) is 29.3 Å². The van der Waals surface area contributed by atoms with Gasteiger partial charge in [-0.2, -0.15) is 0 Å². The maximum absolute atomic E-state index is 5.43. The van der Waals surface area contributed by atoms with Crippen molar-refractivity contribution >= 4 is 29.9 Å². The highest BCUT2D eigenvalue weighted by atomic mass is 127. The Hall–Kier alpha value is -1.06. The minimum absolute atomic E-state index is 0. The Labute approximate surface area is 193 Å². The Bertz CT molecular complexity index is 568. The number of benzene rings is 1. The summed E-state index contributed by atoms with van der Waals surface area (Å²) in [5.41, 5.74) is 1.17. The number of guanidine groups is 1. The lowest BCUT2D eigenvalue weighted by atomic mass is 9.98. The quantitative estimate of drug-likeness (QED) is 0.203. The maximum Gasteiger partial charge on any atom is 0.191 e. The van der Waals surface area contributed by atoms with Crippen molar-refractivity contribution in [2.45, 2.75) is 39.7 Å². The molecule has 0 aromatic heterocycles. The minimum atomic E-state index is 0. The molecule has 166 valence electrons. The van der Waals surface area contributed by atoms with E-state index >= 15 is 0 Å². The van der Waals surface area contributed by atoms with E-state index in [1.807, 2.05) is 19.1 Å². The highest BCUT2D eigenvalue weighted by Crippen LogP contribution is 2.15. The van der Waals surface area contributed by atoms with E-state index in [0.29, 0.717) is 12.5 Å². The molecular formula is C22H39IN4O2. The van der Waals surface area contributed by atoms with Crippen molar-refractivity contribution in [1.82, 2.24) is 15.5 Å². The molecule has 0 radical (unpaired) electrons. The zero-order valence-electron chi connectivity index (χ0n) is 18.3. The second kappa shape index (κ2) is 15.7. The van der Waals surface area contributed by atoms with E-state index in [1.54, 1.807) is 7.11 Å². The van der Waals surface area contributed by atoms with Gasteiger partial charge < -0.3 is 25.0 Å². The minimum Gasteiger partial charge on any atom is -0.497 e. The zero-order chi connectivity index (χ0) is 20.0. The van der Waals surface area contributed by atoms with Gasteiger partial charge in [0.25, 0.3) is 0 Å². The van der Waals surface area contributed by atoms with Gasteiger partial charge in [-0.25, -0.2) is 4.99 Å². The molecule has 1 unspecified atom stereocenters. The monoisotopic (exact) mass is 518 g/mol. The molecule has 0 spiro atoms. The number of nitrogens with one attached hydrogen (secondary N) is 2. The van der Waals surface area contributed by atoms with Gasteiger partial charge in [0.05, 0.1) is 13.7 Å². The van der Waals surface area contributed by atoms with E-state index in [2.05, 4.69) is 34.6 Å². The van der Waals surface area contributed by atoms with Crippen LogP contribution in [0.3, 0.4) is 0 Å². The lowest BCUT2D eigenvalue weighted by Gasteiger charge is -2.32. The SMILES string of the molecule is CCOCCCNC(=NCc1ccc(OC)cc1)NCC1CCCN(CC)C1.I. The molecule has 0 amide bonds. The highest BCUT2D eigenvalue weighted by Gasteiger charge is 2.18.